The Balaban J connectivity index is 1.61. The lowest BCUT2D eigenvalue weighted by Gasteiger charge is -2.32. The van der Waals surface area contributed by atoms with E-state index in [9.17, 15) is 4.79 Å². The van der Waals surface area contributed by atoms with Gasteiger partial charge >= 0.3 is 6.03 Å². The Hall–Kier alpha value is -1.62. The predicted molar refractivity (Wildman–Crippen MR) is 95.8 cm³/mol. The van der Waals surface area contributed by atoms with Crippen molar-refractivity contribution in [3.63, 3.8) is 0 Å². The second kappa shape index (κ2) is 7.97. The zero-order valence-electron chi connectivity index (χ0n) is 14.9. The van der Waals surface area contributed by atoms with Gasteiger partial charge in [0.2, 0.25) is 0 Å². The van der Waals surface area contributed by atoms with Gasteiger partial charge in [0, 0.05) is 37.6 Å². The lowest BCUT2D eigenvalue weighted by molar-refractivity contribution is 0.169. The Morgan fingerprint density at radius 2 is 2.04 bits per heavy atom. The number of nitrogens with zero attached hydrogens (tertiary/aromatic N) is 3. The van der Waals surface area contributed by atoms with Crippen molar-refractivity contribution in [1.29, 1.82) is 0 Å². The number of carbonyl (C=O) groups excluding carboxylic acids is 1. The van der Waals surface area contributed by atoms with Gasteiger partial charge in [-0.3, -0.25) is 9.88 Å². The van der Waals surface area contributed by atoms with E-state index in [1.165, 1.54) is 31.2 Å². The Morgan fingerprint density at radius 1 is 1.29 bits per heavy atom. The minimum Gasteiger partial charge on any atom is -0.336 e. The van der Waals surface area contributed by atoms with E-state index in [-0.39, 0.29) is 12.1 Å². The molecule has 24 heavy (non-hydrogen) atoms. The highest BCUT2D eigenvalue weighted by Gasteiger charge is 2.30. The van der Waals surface area contributed by atoms with E-state index in [0.717, 1.165) is 25.4 Å². The Labute approximate surface area is 145 Å². The molecule has 1 saturated heterocycles. The molecule has 2 heterocycles. The zero-order chi connectivity index (χ0) is 16.9. The van der Waals surface area contributed by atoms with Gasteiger partial charge < -0.3 is 10.2 Å². The molecule has 2 aliphatic rings. The first kappa shape index (κ1) is 17.2. The van der Waals surface area contributed by atoms with Crippen LogP contribution in [0.3, 0.4) is 0 Å². The van der Waals surface area contributed by atoms with E-state index in [2.05, 4.69) is 29.2 Å². The summed E-state index contributed by atoms with van der Waals surface area (Å²) in [5.74, 6) is 0. The van der Waals surface area contributed by atoms with Crippen LogP contribution in [0.25, 0.3) is 0 Å². The van der Waals surface area contributed by atoms with Crippen LogP contribution in [0.1, 0.15) is 57.1 Å². The van der Waals surface area contributed by atoms with Gasteiger partial charge in [-0.05, 0) is 57.4 Å². The summed E-state index contributed by atoms with van der Waals surface area (Å²) in [6.07, 6.45) is 10.7. The third kappa shape index (κ3) is 4.26. The molecule has 0 aromatic carbocycles. The monoisotopic (exact) mass is 330 g/mol. The van der Waals surface area contributed by atoms with Gasteiger partial charge in [0.05, 0.1) is 6.04 Å². The van der Waals surface area contributed by atoms with Gasteiger partial charge in [-0.15, -0.1) is 0 Å². The van der Waals surface area contributed by atoms with Crippen molar-refractivity contribution in [2.24, 2.45) is 0 Å². The van der Waals surface area contributed by atoms with Crippen LogP contribution in [0.4, 0.5) is 4.79 Å². The third-order valence-corrected chi connectivity index (χ3v) is 5.47. The topological polar surface area (TPSA) is 48.5 Å². The normalized spacial score (nSPS) is 23.0. The predicted octanol–water partition coefficient (Wildman–Crippen LogP) is 3.19. The number of urea groups is 1. The smallest absolute Gasteiger partial charge is 0.317 e. The molecule has 0 spiro atoms. The summed E-state index contributed by atoms with van der Waals surface area (Å²) in [5.41, 5.74) is 1.20. The van der Waals surface area contributed by atoms with Crippen molar-refractivity contribution < 1.29 is 4.79 Å². The van der Waals surface area contributed by atoms with E-state index < -0.39 is 0 Å². The minimum absolute atomic E-state index is 0.0785. The van der Waals surface area contributed by atoms with Crippen LogP contribution in [0, 0.1) is 0 Å². The van der Waals surface area contributed by atoms with Crippen molar-refractivity contribution in [2.75, 3.05) is 20.1 Å². The molecule has 1 aliphatic heterocycles. The van der Waals surface area contributed by atoms with Crippen molar-refractivity contribution >= 4 is 6.03 Å². The number of likely N-dealkylation sites (N-methyl/N-ethyl adjacent to an activating group) is 1. The Morgan fingerprint density at radius 3 is 2.75 bits per heavy atom. The highest BCUT2D eigenvalue weighted by atomic mass is 16.2. The molecule has 0 bridgehead atoms. The molecule has 1 aliphatic carbocycles. The number of hydrogen-bond acceptors (Lipinski definition) is 3. The fourth-order valence-corrected chi connectivity index (χ4v) is 3.61. The zero-order valence-corrected chi connectivity index (χ0v) is 14.9. The number of pyridine rings is 1. The summed E-state index contributed by atoms with van der Waals surface area (Å²) in [5, 5.41) is 3.17. The first-order chi connectivity index (χ1) is 11.7. The number of hydrogen-bond donors (Lipinski definition) is 1. The molecular formula is C19H30N4O. The summed E-state index contributed by atoms with van der Waals surface area (Å²) in [6, 6.07) is 5.44. The Bertz CT molecular complexity index is 531. The number of aromatic nitrogens is 1. The minimum atomic E-state index is 0.0785. The molecule has 1 N–H and O–H groups in total. The summed E-state index contributed by atoms with van der Waals surface area (Å²) >= 11 is 0. The molecule has 2 atom stereocenters. The summed E-state index contributed by atoms with van der Waals surface area (Å²) in [6.45, 7) is 3.75. The highest BCUT2D eigenvalue weighted by Crippen LogP contribution is 2.30. The van der Waals surface area contributed by atoms with E-state index in [1.54, 1.807) is 0 Å². The quantitative estimate of drug-likeness (QED) is 0.902. The van der Waals surface area contributed by atoms with E-state index in [1.807, 2.05) is 29.4 Å². The van der Waals surface area contributed by atoms with Gasteiger partial charge in [0.1, 0.15) is 0 Å². The maximum absolute atomic E-state index is 12.8. The van der Waals surface area contributed by atoms with Gasteiger partial charge in [-0.1, -0.05) is 12.8 Å². The molecule has 0 unspecified atom stereocenters. The largest absolute Gasteiger partial charge is 0.336 e. The standard InChI is InChI=1S/C19H30N4O/c1-15(22(2)17-7-8-17)14-21-19(24)23-13-5-3-4-6-18(23)16-9-11-20-12-10-16/h9-12,15,17-18H,3-8,13-14H2,1-2H3,(H,21,24)/t15-,18-/m1/s1. The number of rotatable bonds is 5. The van der Waals surface area contributed by atoms with Gasteiger partial charge in [-0.2, -0.15) is 0 Å². The van der Waals surface area contributed by atoms with Crippen LogP contribution in [-0.2, 0) is 0 Å². The fourth-order valence-electron chi connectivity index (χ4n) is 3.61. The Kier molecular flexibility index (Phi) is 5.72. The van der Waals surface area contributed by atoms with Crippen LogP contribution < -0.4 is 5.32 Å². The van der Waals surface area contributed by atoms with Gasteiger partial charge in [0.15, 0.2) is 0 Å². The van der Waals surface area contributed by atoms with E-state index in [4.69, 9.17) is 0 Å². The van der Waals surface area contributed by atoms with E-state index >= 15 is 0 Å². The maximum atomic E-state index is 12.8. The maximum Gasteiger partial charge on any atom is 0.317 e. The second-order valence-electron chi connectivity index (χ2n) is 7.27. The summed E-state index contributed by atoms with van der Waals surface area (Å²) < 4.78 is 0. The lowest BCUT2D eigenvalue weighted by atomic mass is 10.0. The van der Waals surface area contributed by atoms with Gasteiger partial charge in [-0.25, -0.2) is 4.79 Å². The number of likely N-dealkylation sites (tertiary alicyclic amines) is 1. The van der Waals surface area contributed by atoms with Crippen molar-refractivity contribution in [2.45, 2.75) is 63.6 Å². The number of nitrogens with one attached hydrogen (secondary N) is 1. The molecule has 1 saturated carbocycles. The first-order valence-corrected chi connectivity index (χ1v) is 9.33. The molecule has 1 aromatic heterocycles. The van der Waals surface area contributed by atoms with Crippen molar-refractivity contribution in [3.05, 3.63) is 30.1 Å². The van der Waals surface area contributed by atoms with Crippen LogP contribution in [-0.4, -0.2) is 53.0 Å². The molecule has 1 aromatic rings. The molecule has 2 amide bonds. The van der Waals surface area contributed by atoms with Crippen molar-refractivity contribution in [1.82, 2.24) is 20.1 Å². The summed E-state index contributed by atoms with van der Waals surface area (Å²) in [7, 11) is 2.17. The average Bonchev–Trinajstić information content (AvgIpc) is 3.45. The molecule has 0 radical (unpaired) electrons. The first-order valence-electron chi connectivity index (χ1n) is 9.33. The third-order valence-electron chi connectivity index (χ3n) is 5.47. The van der Waals surface area contributed by atoms with Crippen LogP contribution in [0.2, 0.25) is 0 Å². The van der Waals surface area contributed by atoms with Crippen LogP contribution in [0.15, 0.2) is 24.5 Å². The highest BCUT2D eigenvalue weighted by molar-refractivity contribution is 5.74. The van der Waals surface area contributed by atoms with Gasteiger partial charge in [0.25, 0.3) is 0 Å². The molecular weight excluding hydrogens is 300 g/mol. The molecule has 3 rings (SSSR count). The average molecular weight is 330 g/mol. The fraction of sp³-hybridized carbons (Fsp3) is 0.684. The number of amides is 2. The molecule has 132 valence electrons. The second-order valence-corrected chi connectivity index (χ2v) is 7.27. The van der Waals surface area contributed by atoms with Crippen LogP contribution in [0.5, 0.6) is 0 Å². The SMILES string of the molecule is C[C@H](CNC(=O)N1CCCCC[C@@H]1c1ccncc1)N(C)C1CC1. The molecule has 2 fully saturated rings. The lowest BCUT2D eigenvalue weighted by Crippen LogP contribution is -2.47. The molecule has 5 heteroatoms. The van der Waals surface area contributed by atoms with Crippen molar-refractivity contribution in [3.8, 4) is 0 Å². The number of carbonyl (C=O) groups is 1. The summed E-state index contributed by atoms with van der Waals surface area (Å²) in [4.78, 5) is 21.4. The van der Waals surface area contributed by atoms with Crippen LogP contribution >= 0.6 is 0 Å². The van der Waals surface area contributed by atoms with E-state index in [0.29, 0.717) is 12.6 Å². The molecule has 5 nitrogen and oxygen atoms in total.